The summed E-state index contributed by atoms with van der Waals surface area (Å²) in [6, 6.07) is 18.9. The fourth-order valence-corrected chi connectivity index (χ4v) is 2.95. The monoisotopic (exact) mass is 423 g/mol. The van der Waals surface area contributed by atoms with Gasteiger partial charge < -0.3 is 19.1 Å². The van der Waals surface area contributed by atoms with Gasteiger partial charge in [0.25, 0.3) is 5.91 Å². The van der Waals surface area contributed by atoms with Crippen molar-refractivity contribution in [3.05, 3.63) is 78.1 Å². The predicted octanol–water partition coefficient (Wildman–Crippen LogP) is 2.71. The molecular formula is C23H25N3O5. The minimum atomic E-state index is -0.730. The number of rotatable bonds is 10. The maximum atomic E-state index is 12.7. The third-order valence-electron chi connectivity index (χ3n) is 4.58. The molecule has 2 aromatic carbocycles. The molecule has 0 aliphatic carbocycles. The maximum absolute atomic E-state index is 12.7. The SMILES string of the molecule is COCCN(Cc1ccccc1)C(=O)COC(=O)c1nn(-c2ccccc2)cc1OC. The van der Waals surface area contributed by atoms with Crippen LogP contribution in [-0.2, 0) is 20.8 Å². The number of aromatic nitrogens is 2. The maximum Gasteiger partial charge on any atom is 0.363 e. The van der Waals surface area contributed by atoms with E-state index in [-0.39, 0.29) is 17.4 Å². The van der Waals surface area contributed by atoms with Crippen molar-refractivity contribution in [2.24, 2.45) is 0 Å². The van der Waals surface area contributed by atoms with Gasteiger partial charge in [0.15, 0.2) is 12.4 Å². The second-order valence-electron chi connectivity index (χ2n) is 6.70. The van der Waals surface area contributed by atoms with Crippen LogP contribution in [0.4, 0.5) is 0 Å². The summed E-state index contributed by atoms with van der Waals surface area (Å²) in [5.74, 6) is -0.788. The lowest BCUT2D eigenvalue weighted by molar-refractivity contribution is -0.135. The largest absolute Gasteiger partial charge is 0.493 e. The second-order valence-corrected chi connectivity index (χ2v) is 6.70. The van der Waals surface area contributed by atoms with Crippen LogP contribution in [0.2, 0.25) is 0 Å². The number of methoxy groups -OCH3 is 2. The van der Waals surface area contributed by atoms with Crippen LogP contribution in [0.25, 0.3) is 5.69 Å². The van der Waals surface area contributed by atoms with Gasteiger partial charge in [-0.15, -0.1) is 0 Å². The Morgan fingerprint density at radius 2 is 1.68 bits per heavy atom. The van der Waals surface area contributed by atoms with Crippen LogP contribution in [0.3, 0.4) is 0 Å². The molecule has 0 aliphatic heterocycles. The Morgan fingerprint density at radius 1 is 1.00 bits per heavy atom. The number of para-hydroxylation sites is 1. The molecule has 3 rings (SSSR count). The standard InChI is InChI=1S/C23H25N3O5/c1-29-14-13-25(15-18-9-5-3-6-10-18)21(27)17-31-23(28)22-20(30-2)16-26(24-22)19-11-7-4-8-12-19/h3-12,16H,13-15,17H2,1-2H3. The van der Waals surface area contributed by atoms with Crippen LogP contribution < -0.4 is 4.74 Å². The molecule has 0 saturated heterocycles. The molecule has 8 heteroatoms. The minimum absolute atomic E-state index is 0.00524. The molecule has 1 amide bonds. The van der Waals surface area contributed by atoms with E-state index < -0.39 is 12.6 Å². The summed E-state index contributed by atoms with van der Waals surface area (Å²) in [6.07, 6.45) is 1.59. The number of ether oxygens (including phenoxy) is 3. The summed E-state index contributed by atoms with van der Waals surface area (Å²) in [6.45, 7) is 0.749. The lowest BCUT2D eigenvalue weighted by atomic mass is 10.2. The summed E-state index contributed by atoms with van der Waals surface area (Å²) < 4.78 is 17.1. The Morgan fingerprint density at radius 3 is 2.32 bits per heavy atom. The quantitative estimate of drug-likeness (QED) is 0.467. The Hall–Kier alpha value is -3.65. The van der Waals surface area contributed by atoms with Crippen molar-refractivity contribution in [1.29, 1.82) is 0 Å². The smallest absolute Gasteiger partial charge is 0.363 e. The summed E-state index contributed by atoms with van der Waals surface area (Å²) >= 11 is 0. The highest BCUT2D eigenvalue weighted by Gasteiger charge is 2.22. The van der Waals surface area contributed by atoms with Crippen molar-refractivity contribution in [2.45, 2.75) is 6.54 Å². The zero-order valence-corrected chi connectivity index (χ0v) is 17.6. The van der Waals surface area contributed by atoms with Crippen molar-refractivity contribution in [1.82, 2.24) is 14.7 Å². The average molecular weight is 423 g/mol. The third-order valence-corrected chi connectivity index (χ3v) is 4.58. The van der Waals surface area contributed by atoms with Gasteiger partial charge in [-0.1, -0.05) is 48.5 Å². The van der Waals surface area contributed by atoms with Gasteiger partial charge in [0.05, 0.1) is 25.6 Å². The molecule has 0 atom stereocenters. The van der Waals surface area contributed by atoms with Gasteiger partial charge in [0, 0.05) is 20.2 Å². The van der Waals surface area contributed by atoms with E-state index in [4.69, 9.17) is 14.2 Å². The van der Waals surface area contributed by atoms with Gasteiger partial charge in [-0.3, -0.25) is 4.79 Å². The Bertz CT molecular complexity index is 989. The second kappa shape index (κ2) is 10.9. The molecule has 0 spiro atoms. The van der Waals surface area contributed by atoms with Crippen molar-refractivity contribution in [2.75, 3.05) is 34.0 Å². The molecule has 0 N–H and O–H groups in total. The lowest BCUT2D eigenvalue weighted by Gasteiger charge is -2.22. The van der Waals surface area contributed by atoms with Gasteiger partial charge in [0.1, 0.15) is 0 Å². The molecule has 0 unspecified atom stereocenters. The van der Waals surface area contributed by atoms with Crippen LogP contribution in [0, 0.1) is 0 Å². The minimum Gasteiger partial charge on any atom is -0.493 e. The molecule has 31 heavy (non-hydrogen) atoms. The molecule has 0 bridgehead atoms. The average Bonchev–Trinajstić information content (AvgIpc) is 3.26. The number of carbonyl (C=O) groups excluding carboxylic acids is 2. The molecule has 0 aliphatic rings. The molecule has 8 nitrogen and oxygen atoms in total. The molecule has 3 aromatic rings. The van der Waals surface area contributed by atoms with Gasteiger partial charge in [-0.2, -0.15) is 5.10 Å². The number of hydrogen-bond donors (Lipinski definition) is 0. The Balaban J connectivity index is 1.66. The van der Waals surface area contributed by atoms with Crippen LogP contribution in [0.1, 0.15) is 16.1 Å². The summed E-state index contributed by atoms with van der Waals surface area (Å²) in [4.78, 5) is 26.9. The topological polar surface area (TPSA) is 82.9 Å². The Labute approximate surface area is 180 Å². The van der Waals surface area contributed by atoms with Crippen LogP contribution in [0.15, 0.2) is 66.9 Å². The summed E-state index contributed by atoms with van der Waals surface area (Å²) in [5.41, 5.74) is 1.75. The summed E-state index contributed by atoms with van der Waals surface area (Å²) in [5, 5.41) is 4.26. The van der Waals surface area contributed by atoms with E-state index in [1.54, 1.807) is 18.2 Å². The molecule has 0 fully saturated rings. The highest BCUT2D eigenvalue weighted by Crippen LogP contribution is 2.20. The number of hydrogen-bond acceptors (Lipinski definition) is 6. The fraction of sp³-hybridized carbons (Fsp3) is 0.261. The predicted molar refractivity (Wildman–Crippen MR) is 114 cm³/mol. The molecule has 0 saturated carbocycles. The van der Waals surface area contributed by atoms with E-state index in [2.05, 4.69) is 5.10 Å². The van der Waals surface area contributed by atoms with E-state index in [0.29, 0.717) is 19.7 Å². The molecule has 162 valence electrons. The highest BCUT2D eigenvalue weighted by atomic mass is 16.5. The number of amides is 1. The van der Waals surface area contributed by atoms with Crippen molar-refractivity contribution in [3.8, 4) is 11.4 Å². The van der Waals surface area contributed by atoms with Crippen LogP contribution in [-0.4, -0.2) is 60.5 Å². The van der Waals surface area contributed by atoms with E-state index in [1.165, 1.54) is 11.8 Å². The molecule has 1 aromatic heterocycles. The van der Waals surface area contributed by atoms with Crippen LogP contribution in [0.5, 0.6) is 5.75 Å². The van der Waals surface area contributed by atoms with Gasteiger partial charge in [-0.05, 0) is 17.7 Å². The van der Waals surface area contributed by atoms with Gasteiger partial charge in [0.2, 0.25) is 5.69 Å². The van der Waals surface area contributed by atoms with Crippen molar-refractivity contribution < 1.29 is 23.8 Å². The number of nitrogens with zero attached hydrogens (tertiary/aromatic N) is 3. The van der Waals surface area contributed by atoms with Gasteiger partial charge in [-0.25, -0.2) is 9.48 Å². The first-order valence-corrected chi connectivity index (χ1v) is 9.79. The first kappa shape index (κ1) is 22.0. The fourth-order valence-electron chi connectivity index (χ4n) is 2.95. The zero-order valence-electron chi connectivity index (χ0n) is 17.6. The molecule has 1 heterocycles. The van der Waals surface area contributed by atoms with Crippen molar-refractivity contribution in [3.63, 3.8) is 0 Å². The summed E-state index contributed by atoms with van der Waals surface area (Å²) in [7, 11) is 3.02. The van der Waals surface area contributed by atoms with E-state index in [9.17, 15) is 9.59 Å². The van der Waals surface area contributed by atoms with Gasteiger partial charge >= 0.3 is 5.97 Å². The van der Waals surface area contributed by atoms with E-state index >= 15 is 0 Å². The molecule has 0 radical (unpaired) electrons. The van der Waals surface area contributed by atoms with Crippen LogP contribution >= 0.6 is 0 Å². The zero-order chi connectivity index (χ0) is 22.1. The van der Waals surface area contributed by atoms with E-state index in [1.807, 2.05) is 60.7 Å². The molecular weight excluding hydrogens is 398 g/mol. The van der Waals surface area contributed by atoms with Crippen molar-refractivity contribution >= 4 is 11.9 Å². The number of benzene rings is 2. The van der Waals surface area contributed by atoms with E-state index in [0.717, 1.165) is 11.3 Å². The first-order valence-electron chi connectivity index (χ1n) is 9.79. The Kier molecular flexibility index (Phi) is 7.78. The number of esters is 1. The normalized spacial score (nSPS) is 10.5. The first-order chi connectivity index (χ1) is 15.1. The third kappa shape index (κ3) is 5.93. The number of carbonyl (C=O) groups is 2. The lowest BCUT2D eigenvalue weighted by Crippen LogP contribution is -2.36. The highest BCUT2D eigenvalue weighted by molar-refractivity contribution is 5.92.